The van der Waals surface area contributed by atoms with Crippen molar-refractivity contribution in [1.29, 1.82) is 0 Å². The van der Waals surface area contributed by atoms with Gasteiger partial charge in [-0.05, 0) is 67.2 Å². The van der Waals surface area contributed by atoms with E-state index in [9.17, 15) is 9.59 Å². The highest BCUT2D eigenvalue weighted by Gasteiger charge is 2.40. The first-order chi connectivity index (χ1) is 17.4. The van der Waals surface area contributed by atoms with Crippen LogP contribution in [-0.4, -0.2) is 82.2 Å². The second-order valence-electron chi connectivity index (χ2n) is 8.10. The second kappa shape index (κ2) is 22.1. The number of hydrogen-bond acceptors (Lipinski definition) is 8. The van der Waals surface area contributed by atoms with Gasteiger partial charge in [-0.3, -0.25) is 4.79 Å². The number of rotatable bonds is 25. The number of unbranched alkanes of at least 4 members (excludes halogenated alkanes) is 1. The quantitative estimate of drug-likeness (QED) is 0.127. The van der Waals surface area contributed by atoms with E-state index < -0.39 is 17.6 Å². The van der Waals surface area contributed by atoms with Crippen LogP contribution in [0.1, 0.15) is 80.1 Å². The molecule has 10 nitrogen and oxygen atoms in total. The summed E-state index contributed by atoms with van der Waals surface area (Å²) in [6.45, 7) is 15.9. The Balaban J connectivity index is 4.07. The molecular weight excluding hydrogens is 500 g/mol. The lowest BCUT2D eigenvalue weighted by Crippen LogP contribution is -2.46. The molecule has 0 bridgehead atoms. The Kier molecular flexibility index (Phi) is 21.6. The summed E-state index contributed by atoms with van der Waals surface area (Å²) in [5, 5.41) is 5.66. The van der Waals surface area contributed by atoms with Gasteiger partial charge in [-0.2, -0.15) is 0 Å². The van der Waals surface area contributed by atoms with E-state index in [1.54, 1.807) is 0 Å². The Labute approximate surface area is 221 Å². The Morgan fingerprint density at radius 1 is 0.528 bits per heavy atom. The topological polar surface area (TPSA) is 114 Å². The van der Waals surface area contributed by atoms with Crippen LogP contribution in [0.4, 0.5) is 4.79 Å². The molecule has 0 aliphatic carbocycles. The summed E-state index contributed by atoms with van der Waals surface area (Å²) < 4.78 is 35.0. The Morgan fingerprint density at radius 3 is 1.31 bits per heavy atom. The van der Waals surface area contributed by atoms with E-state index in [1.807, 2.05) is 41.5 Å². The lowest BCUT2D eigenvalue weighted by Gasteiger charge is -2.28. The molecule has 0 aromatic carbocycles. The summed E-state index contributed by atoms with van der Waals surface area (Å²) in [5.41, 5.74) is 0. The van der Waals surface area contributed by atoms with Gasteiger partial charge in [0.1, 0.15) is 5.78 Å². The van der Waals surface area contributed by atoms with Crippen LogP contribution in [0.25, 0.3) is 0 Å². The molecule has 0 saturated carbocycles. The van der Waals surface area contributed by atoms with Crippen LogP contribution in [0.3, 0.4) is 0 Å². The van der Waals surface area contributed by atoms with E-state index in [1.165, 1.54) is 0 Å². The highest BCUT2D eigenvalue weighted by Crippen LogP contribution is 2.20. The first kappa shape index (κ1) is 35.1. The molecule has 0 aromatic rings. The molecule has 0 atom stereocenters. The summed E-state index contributed by atoms with van der Waals surface area (Å²) in [7, 11) is -5.31. The van der Waals surface area contributed by atoms with Gasteiger partial charge in [-0.1, -0.05) is 0 Å². The number of urea groups is 1. The zero-order chi connectivity index (χ0) is 27.1. The third-order valence-corrected chi connectivity index (χ3v) is 11.5. The maximum Gasteiger partial charge on any atom is 0.500 e. The monoisotopic (exact) mass is 552 g/mol. The fourth-order valence-electron chi connectivity index (χ4n) is 3.85. The Bertz CT molecular complexity index is 490. The van der Waals surface area contributed by atoms with E-state index >= 15 is 0 Å². The fraction of sp³-hybridized carbons (Fsp3) is 0.917. The van der Waals surface area contributed by atoms with Crippen LogP contribution in [0.2, 0.25) is 12.1 Å². The average Bonchev–Trinajstić information content (AvgIpc) is 2.83. The third-order valence-electron chi connectivity index (χ3n) is 5.24. The van der Waals surface area contributed by atoms with Crippen molar-refractivity contribution in [3.05, 3.63) is 0 Å². The van der Waals surface area contributed by atoms with E-state index in [0.29, 0.717) is 84.5 Å². The second-order valence-corrected chi connectivity index (χ2v) is 13.6. The standard InChI is InChI=1S/C24H52N2O8Si2/c1-7-29-35(30-8-2,31-9-3)21-14-13-17-23(27)18-15-19-25-24(28)26-20-16-22-36(32-10-4,33-11-5)34-12-6/h7-22H2,1-6H3,(H2,25,26,28). The molecule has 214 valence electrons. The summed E-state index contributed by atoms with van der Waals surface area (Å²) in [6, 6.07) is 1.14. The van der Waals surface area contributed by atoms with Gasteiger partial charge in [0, 0.05) is 77.7 Å². The van der Waals surface area contributed by atoms with E-state index in [2.05, 4.69) is 10.6 Å². The van der Waals surface area contributed by atoms with Crippen molar-refractivity contribution in [3.63, 3.8) is 0 Å². The van der Waals surface area contributed by atoms with Crippen molar-refractivity contribution in [2.75, 3.05) is 52.7 Å². The highest BCUT2D eigenvalue weighted by molar-refractivity contribution is 6.61. The van der Waals surface area contributed by atoms with Crippen LogP contribution >= 0.6 is 0 Å². The predicted molar refractivity (Wildman–Crippen MR) is 145 cm³/mol. The summed E-state index contributed by atoms with van der Waals surface area (Å²) >= 11 is 0. The van der Waals surface area contributed by atoms with Crippen LogP contribution < -0.4 is 10.6 Å². The van der Waals surface area contributed by atoms with Crippen molar-refractivity contribution in [2.24, 2.45) is 0 Å². The molecule has 0 unspecified atom stereocenters. The van der Waals surface area contributed by atoms with Crippen LogP contribution in [0.5, 0.6) is 0 Å². The molecule has 0 heterocycles. The first-order valence-corrected chi connectivity index (χ1v) is 17.6. The van der Waals surface area contributed by atoms with Crippen molar-refractivity contribution in [1.82, 2.24) is 10.6 Å². The van der Waals surface area contributed by atoms with Crippen molar-refractivity contribution < 1.29 is 36.1 Å². The number of nitrogens with one attached hydrogen (secondary N) is 2. The number of amides is 2. The molecule has 0 saturated heterocycles. The summed E-state index contributed by atoms with van der Waals surface area (Å²) in [6.07, 6.45) is 3.92. The lowest BCUT2D eigenvalue weighted by molar-refractivity contribution is -0.119. The molecular formula is C24H52N2O8Si2. The van der Waals surface area contributed by atoms with Gasteiger partial charge in [0.25, 0.3) is 0 Å². The lowest BCUT2D eigenvalue weighted by atomic mass is 10.1. The minimum Gasteiger partial charge on any atom is -0.374 e. The zero-order valence-electron chi connectivity index (χ0n) is 23.6. The molecule has 2 N–H and O–H groups in total. The van der Waals surface area contributed by atoms with Gasteiger partial charge >= 0.3 is 23.6 Å². The SMILES string of the molecule is CCO[Si](CCCCC(=O)CCCNC(=O)NCCC[Si](OCC)(OCC)OCC)(OCC)OCC. The molecule has 0 aliphatic rings. The Morgan fingerprint density at radius 2 is 0.889 bits per heavy atom. The molecule has 0 spiro atoms. The molecule has 2 amide bonds. The first-order valence-electron chi connectivity index (χ1n) is 13.7. The van der Waals surface area contributed by atoms with E-state index in [-0.39, 0.29) is 11.8 Å². The predicted octanol–water partition coefficient (Wildman–Crippen LogP) is 4.29. The van der Waals surface area contributed by atoms with Crippen molar-refractivity contribution >= 4 is 29.4 Å². The van der Waals surface area contributed by atoms with Crippen LogP contribution in [0.15, 0.2) is 0 Å². The molecule has 0 rings (SSSR count). The highest BCUT2D eigenvalue weighted by atomic mass is 28.4. The number of hydrogen-bond donors (Lipinski definition) is 2. The maximum atomic E-state index is 12.2. The molecule has 0 radical (unpaired) electrons. The van der Waals surface area contributed by atoms with Crippen molar-refractivity contribution in [3.8, 4) is 0 Å². The summed E-state index contributed by atoms with van der Waals surface area (Å²) in [5.74, 6) is 0.206. The Hall–Kier alpha value is -0.866. The minimum absolute atomic E-state index is 0.206. The largest absolute Gasteiger partial charge is 0.500 e. The van der Waals surface area contributed by atoms with Gasteiger partial charge in [0.05, 0.1) is 0 Å². The number of carbonyl (C=O) groups is 2. The average molecular weight is 553 g/mol. The number of carbonyl (C=O) groups excluding carboxylic acids is 2. The third kappa shape index (κ3) is 16.1. The summed E-state index contributed by atoms with van der Waals surface area (Å²) in [4.78, 5) is 24.2. The smallest absolute Gasteiger partial charge is 0.374 e. The van der Waals surface area contributed by atoms with Crippen molar-refractivity contribution in [2.45, 2.75) is 92.2 Å². The van der Waals surface area contributed by atoms with Crippen LogP contribution in [-0.2, 0) is 31.4 Å². The molecule has 0 aliphatic heterocycles. The molecule has 0 fully saturated rings. The van der Waals surface area contributed by atoms with Gasteiger partial charge in [-0.15, -0.1) is 0 Å². The molecule has 12 heteroatoms. The minimum atomic E-state index is -2.68. The maximum absolute atomic E-state index is 12.2. The molecule has 0 aromatic heterocycles. The fourth-order valence-corrected chi connectivity index (χ4v) is 9.15. The zero-order valence-corrected chi connectivity index (χ0v) is 25.6. The normalized spacial score (nSPS) is 12.1. The number of ketones is 1. The van der Waals surface area contributed by atoms with E-state index in [0.717, 1.165) is 18.9 Å². The van der Waals surface area contributed by atoms with Gasteiger partial charge in [0.2, 0.25) is 0 Å². The number of Topliss-reactive ketones (excluding diaryl/α,β-unsaturated/α-hetero) is 1. The van der Waals surface area contributed by atoms with Gasteiger partial charge in [0.15, 0.2) is 0 Å². The molecule has 36 heavy (non-hydrogen) atoms. The van der Waals surface area contributed by atoms with E-state index in [4.69, 9.17) is 26.6 Å². The van der Waals surface area contributed by atoms with Gasteiger partial charge < -0.3 is 37.2 Å². The van der Waals surface area contributed by atoms with Crippen LogP contribution in [0, 0.1) is 0 Å². The van der Waals surface area contributed by atoms with Gasteiger partial charge in [-0.25, -0.2) is 4.79 Å².